The van der Waals surface area contributed by atoms with Gasteiger partial charge in [-0.1, -0.05) is 31.0 Å². The summed E-state index contributed by atoms with van der Waals surface area (Å²) >= 11 is 3.27. The van der Waals surface area contributed by atoms with Crippen LogP contribution in [0.1, 0.15) is 55.9 Å². The van der Waals surface area contributed by atoms with Crippen LogP contribution in [0.25, 0.3) is 10.2 Å². The van der Waals surface area contributed by atoms with Crippen LogP contribution in [0.3, 0.4) is 0 Å². The van der Waals surface area contributed by atoms with Crippen molar-refractivity contribution >= 4 is 39.2 Å². The van der Waals surface area contributed by atoms with Gasteiger partial charge in [0.15, 0.2) is 0 Å². The Morgan fingerprint density at radius 3 is 2.81 bits per heavy atom. The highest BCUT2D eigenvalue weighted by Crippen LogP contribution is 2.41. The molecule has 0 bridgehead atoms. The standard InChI is InChI=1S/C20H24N4OS2/c1-13(19(25)24(2)20(11-21)9-4-3-5-10-20)26-17-16-14-7-6-8-15(14)27-18(16)23-12-22-17/h12-13H,3-10H2,1-2H3/t13-/m1/s1. The molecule has 2 aromatic rings. The van der Waals surface area contributed by atoms with Gasteiger partial charge < -0.3 is 4.90 Å². The molecular weight excluding hydrogens is 376 g/mol. The van der Waals surface area contributed by atoms with Gasteiger partial charge in [-0.3, -0.25) is 4.79 Å². The lowest BCUT2D eigenvalue weighted by Crippen LogP contribution is -2.52. The average molecular weight is 401 g/mol. The van der Waals surface area contributed by atoms with E-state index in [2.05, 4.69) is 16.0 Å². The summed E-state index contributed by atoms with van der Waals surface area (Å²) in [5.74, 6) is 0.0158. The SMILES string of the molecule is C[C@@H](Sc1ncnc2sc3c(c12)CCC3)C(=O)N(C)C1(C#N)CCCCC1. The fourth-order valence-corrected chi connectivity index (χ4v) is 6.68. The van der Waals surface area contributed by atoms with Crippen molar-refractivity contribution in [3.8, 4) is 6.07 Å². The third-order valence-electron chi connectivity index (χ3n) is 5.96. The Bertz CT molecular complexity index is 911. The minimum atomic E-state index is -0.644. The van der Waals surface area contributed by atoms with Gasteiger partial charge in [-0.2, -0.15) is 5.26 Å². The molecule has 2 aliphatic rings. The molecule has 5 nitrogen and oxygen atoms in total. The maximum absolute atomic E-state index is 13.1. The molecule has 1 atom stereocenters. The largest absolute Gasteiger partial charge is 0.326 e. The monoisotopic (exact) mass is 400 g/mol. The van der Waals surface area contributed by atoms with Gasteiger partial charge >= 0.3 is 0 Å². The van der Waals surface area contributed by atoms with Crippen molar-refractivity contribution in [2.75, 3.05) is 7.05 Å². The van der Waals surface area contributed by atoms with Crippen LogP contribution in [0.4, 0.5) is 0 Å². The zero-order valence-corrected chi connectivity index (χ0v) is 17.5. The average Bonchev–Trinajstić information content (AvgIpc) is 3.28. The van der Waals surface area contributed by atoms with Gasteiger partial charge in [-0.05, 0) is 44.6 Å². The van der Waals surface area contributed by atoms with E-state index in [-0.39, 0.29) is 11.2 Å². The van der Waals surface area contributed by atoms with E-state index >= 15 is 0 Å². The molecule has 7 heteroatoms. The van der Waals surface area contributed by atoms with E-state index in [4.69, 9.17) is 0 Å². The summed E-state index contributed by atoms with van der Waals surface area (Å²) < 4.78 is 0. The highest BCUT2D eigenvalue weighted by molar-refractivity contribution is 8.00. The number of aryl methyl sites for hydroxylation is 2. The molecule has 0 saturated heterocycles. The number of carbonyl (C=O) groups excluding carboxylic acids is 1. The molecule has 27 heavy (non-hydrogen) atoms. The molecule has 0 N–H and O–H groups in total. The van der Waals surface area contributed by atoms with Crippen molar-refractivity contribution < 1.29 is 4.79 Å². The smallest absolute Gasteiger partial charge is 0.236 e. The van der Waals surface area contributed by atoms with Crippen molar-refractivity contribution in [1.82, 2.24) is 14.9 Å². The van der Waals surface area contributed by atoms with Crippen LogP contribution in [0.2, 0.25) is 0 Å². The van der Waals surface area contributed by atoms with Gasteiger partial charge in [-0.15, -0.1) is 11.3 Å². The molecule has 4 rings (SSSR count). The third-order valence-corrected chi connectivity index (χ3v) is 8.25. The third kappa shape index (κ3) is 3.23. The highest BCUT2D eigenvalue weighted by atomic mass is 32.2. The van der Waals surface area contributed by atoms with E-state index in [1.165, 1.54) is 28.6 Å². The number of amides is 1. The quantitative estimate of drug-likeness (QED) is 0.564. The van der Waals surface area contributed by atoms with Gasteiger partial charge in [0.25, 0.3) is 0 Å². The molecule has 1 saturated carbocycles. The van der Waals surface area contributed by atoms with E-state index in [0.717, 1.165) is 60.2 Å². The Kier molecular flexibility index (Phi) is 5.13. The van der Waals surface area contributed by atoms with Crippen molar-refractivity contribution in [2.45, 2.75) is 74.1 Å². The summed E-state index contributed by atoms with van der Waals surface area (Å²) in [7, 11) is 1.80. The van der Waals surface area contributed by atoms with Crippen LogP contribution >= 0.6 is 23.1 Å². The van der Waals surface area contributed by atoms with Gasteiger partial charge in [0, 0.05) is 17.3 Å². The highest BCUT2D eigenvalue weighted by Gasteiger charge is 2.40. The molecule has 1 fully saturated rings. The lowest BCUT2D eigenvalue weighted by molar-refractivity contribution is -0.133. The van der Waals surface area contributed by atoms with Crippen LogP contribution in [-0.4, -0.2) is 38.6 Å². The second-order valence-corrected chi connectivity index (χ2v) is 9.99. The van der Waals surface area contributed by atoms with Crippen molar-refractivity contribution in [3.63, 3.8) is 0 Å². The summed E-state index contributed by atoms with van der Waals surface area (Å²) in [5.41, 5.74) is 0.737. The number of hydrogen-bond acceptors (Lipinski definition) is 6. The number of thiophene rings is 1. The first kappa shape index (κ1) is 18.7. The number of carbonyl (C=O) groups is 1. The predicted molar refractivity (Wildman–Crippen MR) is 109 cm³/mol. The molecule has 0 aromatic carbocycles. The first-order valence-electron chi connectivity index (χ1n) is 9.66. The number of thioether (sulfide) groups is 1. The Hall–Kier alpha value is -1.65. The second kappa shape index (κ2) is 7.40. The fraction of sp³-hybridized carbons (Fsp3) is 0.600. The Morgan fingerprint density at radius 2 is 2.07 bits per heavy atom. The molecule has 2 heterocycles. The van der Waals surface area contributed by atoms with Crippen LogP contribution in [0.5, 0.6) is 0 Å². The molecule has 142 valence electrons. The van der Waals surface area contributed by atoms with Gasteiger partial charge in [0.1, 0.15) is 21.7 Å². The fourth-order valence-electron chi connectivity index (χ4n) is 4.35. The van der Waals surface area contributed by atoms with Crippen LogP contribution in [0, 0.1) is 11.3 Å². The number of aromatic nitrogens is 2. The van der Waals surface area contributed by atoms with Crippen LogP contribution in [-0.2, 0) is 17.6 Å². The number of fused-ring (bicyclic) bond motifs is 3. The van der Waals surface area contributed by atoms with E-state index in [1.54, 1.807) is 29.6 Å². The zero-order valence-electron chi connectivity index (χ0n) is 15.8. The number of nitrogens with zero attached hydrogens (tertiary/aromatic N) is 4. The molecule has 0 spiro atoms. The van der Waals surface area contributed by atoms with Gasteiger partial charge in [0.05, 0.1) is 11.3 Å². The lowest BCUT2D eigenvalue weighted by atomic mass is 9.81. The van der Waals surface area contributed by atoms with Crippen LogP contribution in [0.15, 0.2) is 11.4 Å². The molecule has 0 unspecified atom stereocenters. The molecule has 2 aromatic heterocycles. The minimum Gasteiger partial charge on any atom is -0.326 e. The summed E-state index contributed by atoms with van der Waals surface area (Å²) in [6.07, 6.45) is 9.74. The van der Waals surface area contributed by atoms with E-state index < -0.39 is 5.54 Å². The molecule has 1 amide bonds. The molecule has 0 aliphatic heterocycles. The molecule has 0 radical (unpaired) electrons. The van der Waals surface area contributed by atoms with E-state index in [1.807, 2.05) is 6.92 Å². The molecule has 2 aliphatic carbocycles. The van der Waals surface area contributed by atoms with E-state index in [0.29, 0.717) is 0 Å². The maximum atomic E-state index is 13.1. The van der Waals surface area contributed by atoms with Gasteiger partial charge in [-0.25, -0.2) is 9.97 Å². The zero-order chi connectivity index (χ0) is 19.0. The maximum Gasteiger partial charge on any atom is 0.236 e. The van der Waals surface area contributed by atoms with Crippen LogP contribution < -0.4 is 0 Å². The summed E-state index contributed by atoms with van der Waals surface area (Å²) in [6.45, 7) is 1.93. The lowest BCUT2D eigenvalue weighted by Gasteiger charge is -2.40. The van der Waals surface area contributed by atoms with Crippen molar-refractivity contribution in [3.05, 3.63) is 16.8 Å². The van der Waals surface area contributed by atoms with Crippen molar-refractivity contribution in [1.29, 1.82) is 5.26 Å². The number of nitriles is 1. The normalized spacial score (nSPS) is 19.4. The summed E-state index contributed by atoms with van der Waals surface area (Å²) in [6, 6.07) is 2.45. The number of rotatable bonds is 4. The Labute approximate surface area is 168 Å². The number of hydrogen-bond donors (Lipinski definition) is 0. The molecular formula is C20H24N4OS2. The first-order chi connectivity index (χ1) is 13.1. The predicted octanol–water partition coefficient (Wildman–Crippen LogP) is 4.35. The Morgan fingerprint density at radius 1 is 1.30 bits per heavy atom. The first-order valence-corrected chi connectivity index (χ1v) is 11.4. The van der Waals surface area contributed by atoms with E-state index in [9.17, 15) is 10.1 Å². The van der Waals surface area contributed by atoms with Crippen molar-refractivity contribution in [2.24, 2.45) is 0 Å². The topological polar surface area (TPSA) is 69.9 Å². The summed E-state index contributed by atoms with van der Waals surface area (Å²) in [4.78, 5) is 26.3. The summed E-state index contributed by atoms with van der Waals surface area (Å²) in [5, 5.41) is 11.6. The van der Waals surface area contributed by atoms with Gasteiger partial charge in [0.2, 0.25) is 5.91 Å². The second-order valence-electron chi connectivity index (χ2n) is 7.58. The minimum absolute atomic E-state index is 0.0158. The Balaban J connectivity index is 1.57.